The number of nitrogens with zero attached hydrogens (tertiary/aromatic N) is 3. The Bertz CT molecular complexity index is 653. The average Bonchev–Trinajstić information content (AvgIpc) is 3.12. The molecule has 1 aliphatic carbocycles. The summed E-state index contributed by atoms with van der Waals surface area (Å²) >= 11 is 0. The summed E-state index contributed by atoms with van der Waals surface area (Å²) in [7, 11) is 0. The van der Waals surface area contributed by atoms with E-state index in [9.17, 15) is 5.11 Å². The first-order valence-electron chi connectivity index (χ1n) is 9.12. The molecule has 7 heteroatoms. The molecule has 0 spiro atoms. The highest BCUT2D eigenvalue weighted by molar-refractivity contribution is 5.05. The predicted molar refractivity (Wildman–Crippen MR) is 89.1 cm³/mol. The van der Waals surface area contributed by atoms with Gasteiger partial charge in [0.25, 0.3) is 0 Å². The summed E-state index contributed by atoms with van der Waals surface area (Å²) in [5.41, 5.74) is 0. The second-order valence-electron chi connectivity index (χ2n) is 7.11. The number of β-amino-alcohol motifs (C(OH)–C–C–N with tert-alkyl or cyclic N) is 1. The van der Waals surface area contributed by atoms with Gasteiger partial charge in [-0.3, -0.25) is 4.90 Å². The molecule has 0 amide bonds. The van der Waals surface area contributed by atoms with E-state index >= 15 is 0 Å². The van der Waals surface area contributed by atoms with Crippen LogP contribution in [-0.2, 0) is 11.3 Å². The Labute approximate surface area is 147 Å². The van der Waals surface area contributed by atoms with Gasteiger partial charge in [0.15, 0.2) is 5.82 Å². The van der Waals surface area contributed by atoms with Crippen LogP contribution in [0.5, 0.6) is 0 Å². The minimum atomic E-state index is -0.513. The Morgan fingerprint density at radius 2 is 2.24 bits per heavy atom. The van der Waals surface area contributed by atoms with Crippen LogP contribution in [0.4, 0.5) is 0 Å². The van der Waals surface area contributed by atoms with Gasteiger partial charge in [-0.1, -0.05) is 5.16 Å². The Kier molecular flexibility index (Phi) is 5.14. The van der Waals surface area contributed by atoms with Crippen LogP contribution in [0.25, 0.3) is 0 Å². The van der Waals surface area contributed by atoms with Crippen LogP contribution in [-0.4, -0.2) is 52.5 Å². The Morgan fingerprint density at radius 3 is 3.04 bits per heavy atom. The van der Waals surface area contributed by atoms with Crippen LogP contribution >= 0.6 is 0 Å². The van der Waals surface area contributed by atoms with Crippen molar-refractivity contribution in [1.29, 1.82) is 0 Å². The molecule has 2 fully saturated rings. The molecule has 0 unspecified atom stereocenters. The largest absolute Gasteiger partial charge is 0.467 e. The standard InChI is InChI=1S/C18H25N3O4/c22-15(11-23-12-16-4-2-8-24-16)10-21-7-1-3-14(9-21)17-19-18(25-20-17)13-5-6-13/h2,4,8,13-15,22H,1,3,5-7,9-12H2/t14-,15+/m1/s1. The van der Waals surface area contributed by atoms with Crippen molar-refractivity contribution in [2.45, 2.75) is 50.2 Å². The SMILES string of the molecule is O[C@H](COCc1ccco1)CN1CCC[C@@H](c2noc(C3CC3)n2)C1. The van der Waals surface area contributed by atoms with Gasteiger partial charge in [0.2, 0.25) is 5.89 Å². The third-order valence-electron chi connectivity index (χ3n) is 4.86. The van der Waals surface area contributed by atoms with Crippen molar-refractivity contribution in [2.24, 2.45) is 0 Å². The van der Waals surface area contributed by atoms with Crippen molar-refractivity contribution in [2.75, 3.05) is 26.2 Å². The summed E-state index contributed by atoms with van der Waals surface area (Å²) in [6, 6.07) is 3.69. The van der Waals surface area contributed by atoms with Crippen molar-refractivity contribution in [1.82, 2.24) is 15.0 Å². The van der Waals surface area contributed by atoms with E-state index in [1.165, 1.54) is 12.8 Å². The molecular formula is C18H25N3O4. The number of furan rings is 1. The molecule has 0 radical (unpaired) electrons. The number of aliphatic hydroxyl groups excluding tert-OH is 1. The van der Waals surface area contributed by atoms with Crippen LogP contribution in [0.2, 0.25) is 0 Å². The zero-order chi connectivity index (χ0) is 17.1. The van der Waals surface area contributed by atoms with Crippen LogP contribution in [0.3, 0.4) is 0 Å². The highest BCUT2D eigenvalue weighted by Crippen LogP contribution is 2.39. The number of rotatable bonds is 8. The van der Waals surface area contributed by atoms with E-state index in [1.54, 1.807) is 6.26 Å². The minimum Gasteiger partial charge on any atom is -0.467 e. The normalized spacial score (nSPS) is 23.0. The monoisotopic (exact) mass is 347 g/mol. The topological polar surface area (TPSA) is 84.8 Å². The number of ether oxygens (including phenoxy) is 1. The predicted octanol–water partition coefficient (Wildman–Crippen LogP) is 2.30. The molecule has 25 heavy (non-hydrogen) atoms. The Morgan fingerprint density at radius 1 is 1.32 bits per heavy atom. The van der Waals surface area contributed by atoms with Crippen molar-refractivity contribution < 1.29 is 18.8 Å². The molecule has 1 N–H and O–H groups in total. The molecule has 4 rings (SSSR count). The van der Waals surface area contributed by atoms with Gasteiger partial charge in [0.05, 0.1) is 19.0 Å². The molecule has 136 valence electrons. The third-order valence-corrected chi connectivity index (χ3v) is 4.86. The van der Waals surface area contributed by atoms with Gasteiger partial charge in [-0.05, 0) is 44.4 Å². The van der Waals surface area contributed by atoms with Gasteiger partial charge in [-0.25, -0.2) is 0 Å². The van der Waals surface area contributed by atoms with Crippen LogP contribution < -0.4 is 0 Å². The summed E-state index contributed by atoms with van der Waals surface area (Å²) in [4.78, 5) is 6.85. The smallest absolute Gasteiger partial charge is 0.229 e. The lowest BCUT2D eigenvalue weighted by Gasteiger charge is -2.32. The first-order valence-corrected chi connectivity index (χ1v) is 9.12. The van der Waals surface area contributed by atoms with Gasteiger partial charge in [0.1, 0.15) is 12.4 Å². The molecule has 0 bridgehead atoms. The summed E-state index contributed by atoms with van der Waals surface area (Å²) in [6.45, 7) is 3.13. The van der Waals surface area contributed by atoms with E-state index in [-0.39, 0.29) is 0 Å². The lowest BCUT2D eigenvalue weighted by molar-refractivity contribution is 0.00104. The minimum absolute atomic E-state index is 0.293. The molecular weight excluding hydrogens is 322 g/mol. The maximum absolute atomic E-state index is 10.2. The first kappa shape index (κ1) is 16.8. The highest BCUT2D eigenvalue weighted by Gasteiger charge is 2.32. The molecule has 2 atom stereocenters. The van der Waals surface area contributed by atoms with E-state index in [1.807, 2.05) is 12.1 Å². The van der Waals surface area contributed by atoms with Crippen molar-refractivity contribution in [3.05, 3.63) is 35.9 Å². The fourth-order valence-corrected chi connectivity index (χ4v) is 3.38. The highest BCUT2D eigenvalue weighted by atomic mass is 16.5. The maximum atomic E-state index is 10.2. The van der Waals surface area contributed by atoms with Gasteiger partial charge >= 0.3 is 0 Å². The fraction of sp³-hybridized carbons (Fsp3) is 0.667. The number of aliphatic hydroxyl groups is 1. The Hall–Kier alpha value is -1.70. The Balaban J connectivity index is 1.23. The molecule has 2 aromatic heterocycles. The van der Waals surface area contributed by atoms with Gasteiger partial charge in [0, 0.05) is 24.9 Å². The molecule has 7 nitrogen and oxygen atoms in total. The summed E-state index contributed by atoms with van der Waals surface area (Å²) in [5.74, 6) is 3.19. The summed E-state index contributed by atoms with van der Waals surface area (Å²) in [6.07, 6.45) is 5.60. The average molecular weight is 347 g/mol. The number of hydrogen-bond acceptors (Lipinski definition) is 7. The zero-order valence-electron chi connectivity index (χ0n) is 14.3. The van der Waals surface area contributed by atoms with Gasteiger partial charge in [-0.15, -0.1) is 0 Å². The third kappa shape index (κ3) is 4.48. The lowest BCUT2D eigenvalue weighted by Crippen LogP contribution is -2.41. The van der Waals surface area contributed by atoms with E-state index < -0.39 is 6.10 Å². The van der Waals surface area contributed by atoms with Crippen molar-refractivity contribution in [3.63, 3.8) is 0 Å². The van der Waals surface area contributed by atoms with E-state index in [0.29, 0.717) is 31.6 Å². The van der Waals surface area contributed by atoms with Crippen LogP contribution in [0, 0.1) is 0 Å². The molecule has 3 heterocycles. The van der Waals surface area contributed by atoms with Crippen molar-refractivity contribution in [3.8, 4) is 0 Å². The molecule has 0 aromatic carbocycles. The van der Waals surface area contributed by atoms with Crippen molar-refractivity contribution >= 4 is 0 Å². The zero-order valence-corrected chi connectivity index (χ0v) is 14.3. The summed E-state index contributed by atoms with van der Waals surface area (Å²) < 4.78 is 16.1. The molecule has 1 aliphatic heterocycles. The number of hydrogen-bond donors (Lipinski definition) is 1. The van der Waals surface area contributed by atoms with Gasteiger partial charge < -0.3 is 18.8 Å². The van der Waals surface area contributed by atoms with E-state index in [4.69, 9.17) is 13.7 Å². The number of likely N-dealkylation sites (tertiary alicyclic amines) is 1. The summed E-state index contributed by atoms with van der Waals surface area (Å²) in [5, 5.41) is 14.4. The molecule has 2 aliphatic rings. The maximum Gasteiger partial charge on any atom is 0.229 e. The van der Waals surface area contributed by atoms with Gasteiger partial charge in [-0.2, -0.15) is 4.98 Å². The second-order valence-corrected chi connectivity index (χ2v) is 7.11. The van der Waals surface area contributed by atoms with Crippen LogP contribution in [0.15, 0.2) is 27.3 Å². The fourth-order valence-electron chi connectivity index (χ4n) is 3.38. The quantitative estimate of drug-likeness (QED) is 0.784. The molecule has 1 saturated carbocycles. The molecule has 1 saturated heterocycles. The first-order chi connectivity index (χ1) is 12.3. The molecule has 2 aromatic rings. The van der Waals surface area contributed by atoms with Crippen LogP contribution in [0.1, 0.15) is 55.0 Å². The van der Waals surface area contributed by atoms with E-state index in [2.05, 4.69) is 15.0 Å². The number of piperidine rings is 1. The number of aromatic nitrogens is 2. The second kappa shape index (κ2) is 7.68. The lowest BCUT2D eigenvalue weighted by atomic mass is 9.97. The van der Waals surface area contributed by atoms with E-state index in [0.717, 1.165) is 43.4 Å².